The van der Waals surface area contributed by atoms with Crippen molar-refractivity contribution in [3.63, 3.8) is 0 Å². The zero-order chi connectivity index (χ0) is 12.3. The van der Waals surface area contributed by atoms with Crippen molar-refractivity contribution in [2.45, 2.75) is 19.0 Å². The molecule has 1 aromatic carbocycles. The molecular formula is C10H8BrF3O2. The SMILES string of the molecule is O=C(O)CCc1ccc(Br)c(C(F)(F)F)c1. The average Bonchev–Trinajstić information content (AvgIpc) is 2.14. The Morgan fingerprint density at radius 1 is 1.38 bits per heavy atom. The largest absolute Gasteiger partial charge is 0.481 e. The van der Waals surface area contributed by atoms with E-state index in [1.54, 1.807) is 0 Å². The van der Waals surface area contributed by atoms with Crippen LogP contribution in [0.3, 0.4) is 0 Å². The summed E-state index contributed by atoms with van der Waals surface area (Å²) in [5.74, 6) is -1.03. The van der Waals surface area contributed by atoms with Crippen molar-refractivity contribution in [2.75, 3.05) is 0 Å². The second kappa shape index (κ2) is 4.86. The van der Waals surface area contributed by atoms with Crippen molar-refractivity contribution in [3.8, 4) is 0 Å². The highest BCUT2D eigenvalue weighted by Gasteiger charge is 2.32. The molecule has 0 bridgehead atoms. The predicted molar refractivity (Wildman–Crippen MR) is 55.1 cm³/mol. The van der Waals surface area contributed by atoms with Crippen LogP contribution in [0.15, 0.2) is 22.7 Å². The number of carbonyl (C=O) groups is 1. The van der Waals surface area contributed by atoms with E-state index in [-0.39, 0.29) is 17.3 Å². The molecular weight excluding hydrogens is 289 g/mol. The first-order valence-corrected chi connectivity index (χ1v) is 5.17. The molecule has 6 heteroatoms. The predicted octanol–water partition coefficient (Wildman–Crippen LogP) is 3.49. The molecule has 1 N–H and O–H groups in total. The van der Waals surface area contributed by atoms with Crippen LogP contribution in [-0.2, 0) is 17.4 Å². The number of hydrogen-bond donors (Lipinski definition) is 1. The highest BCUT2D eigenvalue weighted by atomic mass is 79.9. The van der Waals surface area contributed by atoms with Gasteiger partial charge in [0.25, 0.3) is 0 Å². The van der Waals surface area contributed by atoms with Gasteiger partial charge in [-0.05, 0) is 24.1 Å². The summed E-state index contributed by atoms with van der Waals surface area (Å²) >= 11 is 2.81. The van der Waals surface area contributed by atoms with Gasteiger partial charge in [0.2, 0.25) is 0 Å². The molecule has 2 nitrogen and oxygen atoms in total. The van der Waals surface area contributed by atoms with E-state index in [9.17, 15) is 18.0 Å². The molecule has 0 aromatic heterocycles. The Bertz CT molecular complexity index is 402. The lowest BCUT2D eigenvalue weighted by atomic mass is 10.1. The standard InChI is InChI=1S/C10H8BrF3O2/c11-8-3-1-6(2-4-9(15)16)5-7(8)10(12,13)14/h1,3,5H,2,4H2,(H,15,16). The van der Waals surface area contributed by atoms with Crippen LogP contribution in [0.4, 0.5) is 13.2 Å². The molecule has 0 radical (unpaired) electrons. The van der Waals surface area contributed by atoms with Crippen molar-refractivity contribution in [3.05, 3.63) is 33.8 Å². The van der Waals surface area contributed by atoms with Crippen molar-refractivity contribution in [1.29, 1.82) is 0 Å². The molecule has 88 valence electrons. The lowest BCUT2D eigenvalue weighted by Crippen LogP contribution is -2.07. The zero-order valence-electron chi connectivity index (χ0n) is 8.01. The van der Waals surface area contributed by atoms with Gasteiger partial charge in [-0.2, -0.15) is 13.2 Å². The fourth-order valence-corrected chi connectivity index (χ4v) is 1.67. The Morgan fingerprint density at radius 3 is 2.50 bits per heavy atom. The van der Waals surface area contributed by atoms with Crippen molar-refractivity contribution < 1.29 is 23.1 Å². The number of aryl methyl sites for hydroxylation is 1. The highest BCUT2D eigenvalue weighted by Crippen LogP contribution is 2.35. The zero-order valence-corrected chi connectivity index (χ0v) is 9.60. The summed E-state index contributed by atoms with van der Waals surface area (Å²) < 4.78 is 37.4. The van der Waals surface area contributed by atoms with Gasteiger partial charge in [-0.25, -0.2) is 0 Å². The first-order valence-electron chi connectivity index (χ1n) is 4.38. The summed E-state index contributed by atoms with van der Waals surface area (Å²) in [7, 11) is 0. The average molecular weight is 297 g/mol. The smallest absolute Gasteiger partial charge is 0.417 e. The van der Waals surface area contributed by atoms with E-state index < -0.39 is 17.7 Å². The van der Waals surface area contributed by atoms with Crippen LogP contribution in [0.25, 0.3) is 0 Å². The van der Waals surface area contributed by atoms with Crippen molar-refractivity contribution in [1.82, 2.24) is 0 Å². The summed E-state index contributed by atoms with van der Waals surface area (Å²) in [6, 6.07) is 3.72. The maximum absolute atomic E-state index is 12.5. The molecule has 0 aliphatic heterocycles. The monoisotopic (exact) mass is 296 g/mol. The number of rotatable bonds is 3. The second-order valence-corrected chi connectivity index (χ2v) is 4.06. The number of carboxylic acid groups (broad SMARTS) is 1. The Labute approximate surface area is 98.2 Å². The van der Waals surface area contributed by atoms with Gasteiger partial charge < -0.3 is 5.11 Å². The summed E-state index contributed by atoms with van der Waals surface area (Å²) in [4.78, 5) is 10.3. The number of halogens is 4. The van der Waals surface area contributed by atoms with Gasteiger partial charge in [0.1, 0.15) is 0 Å². The summed E-state index contributed by atoms with van der Waals surface area (Å²) in [6.07, 6.45) is -4.53. The van der Waals surface area contributed by atoms with Crippen LogP contribution in [-0.4, -0.2) is 11.1 Å². The quantitative estimate of drug-likeness (QED) is 0.927. The molecule has 0 aliphatic carbocycles. The Kier molecular flexibility index (Phi) is 3.96. The molecule has 0 unspecified atom stereocenters. The number of benzene rings is 1. The summed E-state index contributed by atoms with van der Waals surface area (Å²) in [6.45, 7) is 0. The molecule has 0 saturated heterocycles. The fraction of sp³-hybridized carbons (Fsp3) is 0.300. The first-order chi connectivity index (χ1) is 7.30. The molecule has 0 saturated carbocycles. The molecule has 0 amide bonds. The van der Waals surface area contributed by atoms with Crippen molar-refractivity contribution >= 4 is 21.9 Å². The molecule has 0 aliphatic rings. The van der Waals surface area contributed by atoms with Crippen LogP contribution in [0.2, 0.25) is 0 Å². The number of aliphatic carboxylic acids is 1. The lowest BCUT2D eigenvalue weighted by molar-refractivity contribution is -0.138. The minimum absolute atomic E-state index is 0.0425. The van der Waals surface area contributed by atoms with Crippen LogP contribution in [0.1, 0.15) is 17.5 Å². The third-order valence-electron chi connectivity index (χ3n) is 1.96. The van der Waals surface area contributed by atoms with E-state index in [1.165, 1.54) is 12.1 Å². The van der Waals surface area contributed by atoms with Gasteiger partial charge in [-0.1, -0.05) is 22.0 Å². The molecule has 0 atom stereocenters. The van der Waals surface area contributed by atoms with E-state index in [1.807, 2.05) is 0 Å². The molecule has 0 heterocycles. The number of carboxylic acids is 1. The molecule has 0 fully saturated rings. The van der Waals surface area contributed by atoms with Crippen LogP contribution >= 0.6 is 15.9 Å². The minimum Gasteiger partial charge on any atom is -0.481 e. The van der Waals surface area contributed by atoms with E-state index in [4.69, 9.17) is 5.11 Å². The van der Waals surface area contributed by atoms with E-state index in [0.717, 1.165) is 6.07 Å². The van der Waals surface area contributed by atoms with Crippen LogP contribution in [0, 0.1) is 0 Å². The van der Waals surface area contributed by atoms with E-state index >= 15 is 0 Å². The molecule has 1 rings (SSSR count). The van der Waals surface area contributed by atoms with Crippen molar-refractivity contribution in [2.24, 2.45) is 0 Å². The fourth-order valence-electron chi connectivity index (χ4n) is 1.20. The highest BCUT2D eigenvalue weighted by molar-refractivity contribution is 9.10. The van der Waals surface area contributed by atoms with E-state index in [0.29, 0.717) is 5.56 Å². The summed E-state index contributed by atoms with van der Waals surface area (Å²) in [5, 5.41) is 8.43. The maximum Gasteiger partial charge on any atom is 0.417 e. The molecule has 1 aromatic rings. The normalized spacial score (nSPS) is 11.5. The molecule has 0 spiro atoms. The van der Waals surface area contributed by atoms with Gasteiger partial charge in [0.05, 0.1) is 5.56 Å². The topological polar surface area (TPSA) is 37.3 Å². The Morgan fingerprint density at radius 2 is 2.00 bits per heavy atom. The van der Waals surface area contributed by atoms with E-state index in [2.05, 4.69) is 15.9 Å². The first kappa shape index (κ1) is 13.0. The van der Waals surface area contributed by atoms with Gasteiger partial charge in [-0.3, -0.25) is 4.79 Å². The van der Waals surface area contributed by atoms with Gasteiger partial charge >= 0.3 is 12.1 Å². The third-order valence-corrected chi connectivity index (χ3v) is 2.66. The minimum atomic E-state index is -4.43. The number of alkyl halides is 3. The van der Waals surface area contributed by atoms with Gasteiger partial charge in [-0.15, -0.1) is 0 Å². The maximum atomic E-state index is 12.5. The van der Waals surface area contributed by atoms with Crippen LogP contribution < -0.4 is 0 Å². The van der Waals surface area contributed by atoms with Gasteiger partial charge in [0.15, 0.2) is 0 Å². The third kappa shape index (κ3) is 3.52. The Balaban J connectivity index is 2.94. The van der Waals surface area contributed by atoms with Crippen LogP contribution in [0.5, 0.6) is 0 Å². The second-order valence-electron chi connectivity index (χ2n) is 3.21. The summed E-state index contributed by atoms with van der Waals surface area (Å²) in [5.41, 5.74) is -0.423. The van der Waals surface area contributed by atoms with Gasteiger partial charge in [0, 0.05) is 10.9 Å². The lowest BCUT2D eigenvalue weighted by Gasteiger charge is -2.10. The number of hydrogen-bond acceptors (Lipinski definition) is 1. The Hall–Kier alpha value is -1.04. The molecule has 16 heavy (non-hydrogen) atoms.